The Morgan fingerprint density at radius 1 is 1.05 bits per heavy atom. The number of carbonyl (C=O) groups is 3. The Balaban J connectivity index is 1.32. The molecule has 5 atom stereocenters. The van der Waals surface area contributed by atoms with Crippen LogP contribution in [0.4, 0.5) is 5.69 Å². The molecule has 2 saturated heterocycles. The van der Waals surface area contributed by atoms with Crippen LogP contribution in [0, 0.1) is 25.7 Å². The Morgan fingerprint density at radius 3 is 2.51 bits per heavy atom. The fourth-order valence-corrected chi connectivity index (χ4v) is 6.93. The predicted octanol–water partition coefficient (Wildman–Crippen LogP) is 4.70. The molecule has 1 spiro atoms. The Bertz CT molecular complexity index is 1340. The van der Waals surface area contributed by atoms with E-state index in [1.165, 1.54) is 6.42 Å². The maximum atomic E-state index is 14.1. The highest BCUT2D eigenvalue weighted by Crippen LogP contribution is 2.55. The van der Waals surface area contributed by atoms with Crippen LogP contribution >= 0.6 is 11.6 Å². The lowest BCUT2D eigenvalue weighted by atomic mass is 9.74. The van der Waals surface area contributed by atoms with Crippen molar-refractivity contribution < 1.29 is 19.1 Å². The lowest BCUT2D eigenvalue weighted by Gasteiger charge is -2.34. The van der Waals surface area contributed by atoms with Gasteiger partial charge in [-0.2, -0.15) is 0 Å². The zero-order chi connectivity index (χ0) is 27.3. The van der Waals surface area contributed by atoms with Gasteiger partial charge < -0.3 is 20.3 Å². The number of benzene rings is 2. The van der Waals surface area contributed by atoms with Crippen molar-refractivity contribution in [2.45, 2.75) is 76.3 Å². The molecule has 4 aliphatic rings. The summed E-state index contributed by atoms with van der Waals surface area (Å²) >= 11 is 6.28. The van der Waals surface area contributed by atoms with Gasteiger partial charge in [-0.25, -0.2) is 0 Å². The molecule has 1 aliphatic carbocycles. The standard InChI is InChI=1S/C31H34ClN3O4/c1-18-8-11-20(12-9-18)17-35-27(29(37)33-21-6-4-3-5-7-21)31-15-14-24(39-31)25(26(31)30(35)38)28(36)34-22-13-10-19(2)23(32)16-22/h8-16,21,24-27H,3-7,17H2,1-2H3,(H,33,37)(H,34,36)/t24-,25+,26-,27+,31+/m1/s1. The molecule has 2 bridgehead atoms. The van der Waals surface area contributed by atoms with E-state index in [0.717, 1.165) is 42.4 Å². The number of hydrogen-bond acceptors (Lipinski definition) is 4. The number of amides is 3. The molecule has 39 heavy (non-hydrogen) atoms. The van der Waals surface area contributed by atoms with Crippen LogP contribution in [0.1, 0.15) is 48.8 Å². The predicted molar refractivity (Wildman–Crippen MR) is 149 cm³/mol. The molecule has 3 aliphatic heterocycles. The minimum atomic E-state index is -1.18. The van der Waals surface area contributed by atoms with Crippen molar-refractivity contribution in [3.8, 4) is 0 Å². The number of nitrogens with zero attached hydrogens (tertiary/aromatic N) is 1. The summed E-state index contributed by atoms with van der Waals surface area (Å²) < 4.78 is 6.46. The van der Waals surface area contributed by atoms with Gasteiger partial charge in [-0.05, 0) is 49.9 Å². The monoisotopic (exact) mass is 547 g/mol. The summed E-state index contributed by atoms with van der Waals surface area (Å²) in [6.07, 6.45) is 8.33. The van der Waals surface area contributed by atoms with E-state index in [1.54, 1.807) is 17.0 Å². The highest BCUT2D eigenvalue weighted by atomic mass is 35.5. The first-order valence-corrected chi connectivity index (χ1v) is 14.3. The van der Waals surface area contributed by atoms with Crippen molar-refractivity contribution >= 4 is 35.0 Å². The van der Waals surface area contributed by atoms with E-state index < -0.39 is 29.6 Å². The molecule has 0 radical (unpaired) electrons. The van der Waals surface area contributed by atoms with Crippen molar-refractivity contribution in [1.29, 1.82) is 0 Å². The van der Waals surface area contributed by atoms with Gasteiger partial charge in [0, 0.05) is 23.3 Å². The highest BCUT2D eigenvalue weighted by molar-refractivity contribution is 6.31. The Hall–Kier alpha value is -3.16. The number of halogens is 1. The zero-order valence-electron chi connectivity index (χ0n) is 22.3. The number of rotatable bonds is 6. The molecule has 0 unspecified atom stereocenters. The molecule has 3 amide bonds. The average Bonchev–Trinajstić information content (AvgIpc) is 3.56. The van der Waals surface area contributed by atoms with Crippen LogP contribution < -0.4 is 10.6 Å². The molecule has 8 heteroatoms. The molecule has 7 nitrogen and oxygen atoms in total. The van der Waals surface area contributed by atoms with Crippen LogP contribution in [0.25, 0.3) is 0 Å². The summed E-state index contributed by atoms with van der Waals surface area (Å²) in [7, 11) is 0. The number of carbonyl (C=O) groups excluding carboxylic acids is 3. The first-order chi connectivity index (χ1) is 18.8. The van der Waals surface area contributed by atoms with Gasteiger partial charge in [0.15, 0.2) is 0 Å². The number of hydrogen-bond donors (Lipinski definition) is 2. The molecule has 204 valence electrons. The number of aryl methyl sites for hydroxylation is 2. The summed E-state index contributed by atoms with van der Waals surface area (Å²) in [5.41, 5.74) is 2.33. The lowest BCUT2D eigenvalue weighted by molar-refractivity contribution is -0.142. The minimum Gasteiger partial charge on any atom is -0.359 e. The van der Waals surface area contributed by atoms with Crippen LogP contribution in [0.5, 0.6) is 0 Å². The Labute approximate surface area is 233 Å². The van der Waals surface area contributed by atoms with Crippen molar-refractivity contribution in [3.63, 3.8) is 0 Å². The molecular weight excluding hydrogens is 514 g/mol. The summed E-state index contributed by atoms with van der Waals surface area (Å²) in [6, 6.07) is 12.5. The summed E-state index contributed by atoms with van der Waals surface area (Å²) in [4.78, 5) is 43.4. The van der Waals surface area contributed by atoms with Crippen LogP contribution in [0.15, 0.2) is 54.6 Å². The Kier molecular flexibility index (Phi) is 6.76. The highest BCUT2D eigenvalue weighted by Gasteiger charge is 2.72. The SMILES string of the molecule is Cc1ccc(CN2C(=O)[C@H]3[C@@H](C(=O)Nc4ccc(C)c(Cl)c4)[C@H]4C=C[C@@]3(O4)[C@@H]2C(=O)NC2CCCCC2)cc1. The van der Waals surface area contributed by atoms with Gasteiger partial charge in [-0.15, -0.1) is 0 Å². The third-order valence-corrected chi connectivity index (χ3v) is 9.20. The van der Waals surface area contributed by atoms with Gasteiger partial charge in [0.25, 0.3) is 0 Å². The molecule has 0 aromatic heterocycles. The molecular formula is C31H34ClN3O4. The van der Waals surface area contributed by atoms with E-state index >= 15 is 0 Å². The van der Waals surface area contributed by atoms with Gasteiger partial charge in [0.1, 0.15) is 11.6 Å². The number of nitrogens with one attached hydrogen (secondary N) is 2. The first-order valence-electron chi connectivity index (χ1n) is 13.9. The smallest absolute Gasteiger partial charge is 0.246 e. The fraction of sp³-hybridized carbons (Fsp3) is 0.452. The summed E-state index contributed by atoms with van der Waals surface area (Å²) in [6.45, 7) is 4.17. The maximum Gasteiger partial charge on any atom is 0.246 e. The van der Waals surface area contributed by atoms with Crippen LogP contribution in [-0.2, 0) is 25.7 Å². The number of anilines is 1. The van der Waals surface area contributed by atoms with E-state index in [4.69, 9.17) is 16.3 Å². The number of ether oxygens (including phenoxy) is 1. The average molecular weight is 548 g/mol. The molecule has 3 fully saturated rings. The van der Waals surface area contributed by atoms with Gasteiger partial charge in [-0.3, -0.25) is 14.4 Å². The normalized spacial score (nSPS) is 29.5. The van der Waals surface area contributed by atoms with E-state index in [1.807, 2.05) is 56.3 Å². The van der Waals surface area contributed by atoms with Gasteiger partial charge >= 0.3 is 0 Å². The largest absolute Gasteiger partial charge is 0.359 e. The molecule has 6 rings (SSSR count). The second-order valence-electron chi connectivity index (χ2n) is 11.4. The van der Waals surface area contributed by atoms with Gasteiger partial charge in [0.05, 0.1) is 17.9 Å². The van der Waals surface area contributed by atoms with Gasteiger partial charge in [-0.1, -0.05) is 78.9 Å². The van der Waals surface area contributed by atoms with E-state index in [-0.39, 0.29) is 30.3 Å². The van der Waals surface area contributed by atoms with E-state index in [9.17, 15) is 14.4 Å². The third-order valence-electron chi connectivity index (χ3n) is 8.79. The topological polar surface area (TPSA) is 87.7 Å². The van der Waals surface area contributed by atoms with Crippen molar-refractivity contribution in [1.82, 2.24) is 10.2 Å². The van der Waals surface area contributed by atoms with Crippen LogP contribution in [0.2, 0.25) is 5.02 Å². The van der Waals surface area contributed by atoms with Crippen molar-refractivity contribution in [2.24, 2.45) is 11.8 Å². The molecule has 2 aromatic carbocycles. The molecule has 2 aromatic rings. The molecule has 1 saturated carbocycles. The lowest BCUT2D eigenvalue weighted by Crippen LogP contribution is -2.56. The quantitative estimate of drug-likeness (QED) is 0.513. The summed E-state index contributed by atoms with van der Waals surface area (Å²) in [5, 5.41) is 6.72. The molecule has 2 N–H and O–H groups in total. The zero-order valence-corrected chi connectivity index (χ0v) is 23.0. The molecule has 3 heterocycles. The minimum absolute atomic E-state index is 0.0889. The van der Waals surface area contributed by atoms with Crippen molar-refractivity contribution in [3.05, 3.63) is 76.3 Å². The first kappa shape index (κ1) is 26.1. The van der Waals surface area contributed by atoms with E-state index in [2.05, 4.69) is 10.6 Å². The second-order valence-corrected chi connectivity index (χ2v) is 11.9. The van der Waals surface area contributed by atoms with E-state index in [0.29, 0.717) is 10.7 Å². The number of likely N-dealkylation sites (tertiary alicyclic amines) is 1. The van der Waals surface area contributed by atoms with Gasteiger partial charge in [0.2, 0.25) is 17.7 Å². The maximum absolute atomic E-state index is 14.1. The second kappa shape index (κ2) is 10.1. The Morgan fingerprint density at radius 2 is 1.79 bits per heavy atom. The van der Waals surface area contributed by atoms with Crippen molar-refractivity contribution in [2.75, 3.05) is 5.32 Å². The number of fused-ring (bicyclic) bond motifs is 1. The third kappa shape index (κ3) is 4.55. The van der Waals surface area contributed by atoms with Crippen LogP contribution in [-0.4, -0.2) is 46.4 Å². The summed E-state index contributed by atoms with van der Waals surface area (Å²) in [5.74, 6) is -2.29. The fourth-order valence-electron chi connectivity index (χ4n) is 6.75. The van der Waals surface area contributed by atoms with Crippen LogP contribution in [0.3, 0.4) is 0 Å².